The van der Waals surface area contributed by atoms with Gasteiger partial charge in [-0.05, 0) is 20.3 Å². The summed E-state index contributed by atoms with van der Waals surface area (Å²) in [6, 6.07) is 0. The lowest BCUT2D eigenvalue weighted by Crippen LogP contribution is -2.33. The Balaban J connectivity index is 4.63. The van der Waals surface area contributed by atoms with Crippen LogP contribution in [0, 0.1) is 0 Å². The van der Waals surface area contributed by atoms with Crippen molar-refractivity contribution in [1.29, 1.82) is 0 Å². The SMILES string of the molecule is C=CCN(C/C=C/CN(CCC)C(=O)C(=C)C)C(=O)C(=C)C. The molecule has 2 amide bonds. The summed E-state index contributed by atoms with van der Waals surface area (Å²) in [5.74, 6) is -0.125. The van der Waals surface area contributed by atoms with Crippen molar-refractivity contribution in [2.45, 2.75) is 27.2 Å². The van der Waals surface area contributed by atoms with E-state index in [1.807, 2.05) is 19.1 Å². The second kappa shape index (κ2) is 10.6. The molecule has 0 rings (SSSR count). The number of rotatable bonds is 10. The summed E-state index contributed by atoms with van der Waals surface area (Å²) in [6.07, 6.45) is 6.36. The minimum Gasteiger partial charge on any atom is -0.335 e. The monoisotopic (exact) mass is 304 g/mol. The first kappa shape index (κ1) is 19.9. The first-order valence-electron chi connectivity index (χ1n) is 7.50. The van der Waals surface area contributed by atoms with Gasteiger partial charge in [0.25, 0.3) is 0 Å². The highest BCUT2D eigenvalue weighted by atomic mass is 16.2. The van der Waals surface area contributed by atoms with E-state index < -0.39 is 0 Å². The minimum absolute atomic E-state index is 0.0348. The van der Waals surface area contributed by atoms with Gasteiger partial charge in [-0.2, -0.15) is 0 Å². The first-order chi connectivity index (χ1) is 10.3. The average molecular weight is 304 g/mol. The Hall–Kier alpha value is -2.10. The van der Waals surface area contributed by atoms with Crippen molar-refractivity contribution < 1.29 is 9.59 Å². The van der Waals surface area contributed by atoms with Gasteiger partial charge in [0.15, 0.2) is 0 Å². The molecule has 0 atom stereocenters. The fourth-order valence-electron chi connectivity index (χ4n) is 1.89. The molecule has 0 aromatic rings. The topological polar surface area (TPSA) is 40.6 Å². The maximum Gasteiger partial charge on any atom is 0.249 e. The molecule has 0 aromatic carbocycles. The second-order valence-electron chi connectivity index (χ2n) is 5.28. The van der Waals surface area contributed by atoms with Gasteiger partial charge in [-0.3, -0.25) is 9.59 Å². The fraction of sp³-hybridized carbons (Fsp3) is 0.444. The van der Waals surface area contributed by atoms with Crippen LogP contribution in [-0.2, 0) is 9.59 Å². The molecule has 0 aromatic heterocycles. The van der Waals surface area contributed by atoms with Crippen LogP contribution in [0.3, 0.4) is 0 Å². The molecule has 22 heavy (non-hydrogen) atoms. The maximum absolute atomic E-state index is 12.0. The molecule has 0 saturated heterocycles. The minimum atomic E-state index is -0.0898. The van der Waals surface area contributed by atoms with Crippen LogP contribution in [0.1, 0.15) is 27.2 Å². The van der Waals surface area contributed by atoms with E-state index in [0.29, 0.717) is 37.3 Å². The van der Waals surface area contributed by atoms with Crippen LogP contribution in [-0.4, -0.2) is 47.8 Å². The predicted octanol–water partition coefficient (Wildman–Crippen LogP) is 2.95. The number of hydrogen-bond donors (Lipinski definition) is 0. The van der Waals surface area contributed by atoms with Crippen LogP contribution in [0.15, 0.2) is 49.1 Å². The Kier molecular flexibility index (Phi) is 9.59. The summed E-state index contributed by atoms with van der Waals surface area (Å²) in [7, 11) is 0. The van der Waals surface area contributed by atoms with E-state index in [1.165, 1.54) is 0 Å². The van der Waals surface area contributed by atoms with E-state index in [2.05, 4.69) is 19.7 Å². The van der Waals surface area contributed by atoms with Crippen molar-refractivity contribution >= 4 is 11.8 Å². The number of hydrogen-bond acceptors (Lipinski definition) is 2. The third-order valence-corrected chi connectivity index (χ3v) is 2.97. The van der Waals surface area contributed by atoms with E-state index in [1.54, 1.807) is 29.7 Å². The van der Waals surface area contributed by atoms with Gasteiger partial charge in [0.2, 0.25) is 11.8 Å². The lowest BCUT2D eigenvalue weighted by Gasteiger charge is -2.21. The smallest absolute Gasteiger partial charge is 0.249 e. The standard InChI is InChI=1S/C18H28N2O2/c1-7-11-19(17(21)15(3)4)13-9-10-14-20(12-8-2)18(22)16(5)6/h7,9-10H,1,3,5,8,11-14H2,2,4,6H3/b10-9+. The van der Waals surface area contributed by atoms with Crippen molar-refractivity contribution in [3.8, 4) is 0 Å². The van der Waals surface area contributed by atoms with Crippen molar-refractivity contribution in [2.75, 3.05) is 26.2 Å². The molecule has 0 aliphatic carbocycles. The molecule has 0 unspecified atom stereocenters. The van der Waals surface area contributed by atoms with Gasteiger partial charge in [0, 0.05) is 37.3 Å². The van der Waals surface area contributed by atoms with Crippen LogP contribution < -0.4 is 0 Å². The van der Waals surface area contributed by atoms with Crippen molar-refractivity contribution in [1.82, 2.24) is 9.80 Å². The largest absolute Gasteiger partial charge is 0.335 e. The molecule has 4 heteroatoms. The van der Waals surface area contributed by atoms with Crippen LogP contribution in [0.25, 0.3) is 0 Å². The Labute approximate surface area is 134 Å². The molecule has 0 aliphatic rings. The first-order valence-corrected chi connectivity index (χ1v) is 7.50. The summed E-state index contributed by atoms with van der Waals surface area (Å²) >= 11 is 0. The molecule has 0 N–H and O–H groups in total. The second-order valence-corrected chi connectivity index (χ2v) is 5.28. The van der Waals surface area contributed by atoms with Gasteiger partial charge in [0.05, 0.1) is 0 Å². The Bertz CT molecular complexity index is 464. The Morgan fingerprint density at radius 3 is 1.77 bits per heavy atom. The molecule has 0 spiro atoms. The van der Waals surface area contributed by atoms with E-state index in [9.17, 15) is 9.59 Å². The predicted molar refractivity (Wildman–Crippen MR) is 92.4 cm³/mol. The molecule has 0 saturated carbocycles. The van der Waals surface area contributed by atoms with E-state index in [-0.39, 0.29) is 11.8 Å². The fourth-order valence-corrected chi connectivity index (χ4v) is 1.89. The maximum atomic E-state index is 12.0. The van der Waals surface area contributed by atoms with E-state index in [4.69, 9.17) is 0 Å². The van der Waals surface area contributed by atoms with E-state index >= 15 is 0 Å². The van der Waals surface area contributed by atoms with Gasteiger partial charge in [-0.25, -0.2) is 0 Å². The van der Waals surface area contributed by atoms with Crippen LogP contribution in [0.4, 0.5) is 0 Å². The number of amides is 2. The van der Waals surface area contributed by atoms with Crippen molar-refractivity contribution in [3.63, 3.8) is 0 Å². The quantitative estimate of drug-likeness (QED) is 0.460. The van der Waals surface area contributed by atoms with E-state index in [0.717, 1.165) is 6.42 Å². The number of nitrogens with zero attached hydrogens (tertiary/aromatic N) is 2. The summed E-state index contributed by atoms with van der Waals surface area (Å²) in [6.45, 7) is 18.6. The molecule has 122 valence electrons. The van der Waals surface area contributed by atoms with Gasteiger partial charge in [0.1, 0.15) is 0 Å². The summed E-state index contributed by atoms with van der Waals surface area (Å²) in [5, 5.41) is 0. The highest BCUT2D eigenvalue weighted by molar-refractivity contribution is 5.92. The number of carbonyl (C=O) groups is 2. The zero-order valence-corrected chi connectivity index (χ0v) is 14.1. The summed E-state index contributed by atoms with van der Waals surface area (Å²) in [4.78, 5) is 27.3. The molecule has 0 heterocycles. The molecule has 0 aliphatic heterocycles. The summed E-state index contributed by atoms with van der Waals surface area (Å²) in [5.41, 5.74) is 1.04. The Morgan fingerprint density at radius 1 is 0.909 bits per heavy atom. The number of carbonyl (C=O) groups excluding carboxylic acids is 2. The molecule has 0 fully saturated rings. The lowest BCUT2D eigenvalue weighted by atomic mass is 10.2. The van der Waals surface area contributed by atoms with Crippen molar-refractivity contribution in [3.05, 3.63) is 49.1 Å². The van der Waals surface area contributed by atoms with Crippen LogP contribution in [0.5, 0.6) is 0 Å². The van der Waals surface area contributed by atoms with Gasteiger partial charge >= 0.3 is 0 Å². The van der Waals surface area contributed by atoms with Gasteiger partial charge in [-0.15, -0.1) is 6.58 Å². The van der Waals surface area contributed by atoms with Gasteiger partial charge < -0.3 is 9.80 Å². The molecule has 0 bridgehead atoms. The van der Waals surface area contributed by atoms with Crippen molar-refractivity contribution in [2.24, 2.45) is 0 Å². The van der Waals surface area contributed by atoms with Crippen LogP contribution >= 0.6 is 0 Å². The highest BCUT2D eigenvalue weighted by Gasteiger charge is 2.12. The third-order valence-electron chi connectivity index (χ3n) is 2.97. The molecule has 0 radical (unpaired) electrons. The van der Waals surface area contributed by atoms with Crippen LogP contribution in [0.2, 0.25) is 0 Å². The average Bonchev–Trinajstić information content (AvgIpc) is 2.47. The highest BCUT2D eigenvalue weighted by Crippen LogP contribution is 2.02. The van der Waals surface area contributed by atoms with Gasteiger partial charge in [-0.1, -0.05) is 38.3 Å². The zero-order valence-electron chi connectivity index (χ0n) is 14.1. The molecular formula is C18H28N2O2. The molecular weight excluding hydrogens is 276 g/mol. The lowest BCUT2D eigenvalue weighted by molar-refractivity contribution is -0.127. The summed E-state index contributed by atoms with van der Waals surface area (Å²) < 4.78 is 0. The molecule has 4 nitrogen and oxygen atoms in total. The normalized spacial score (nSPS) is 10.3. The third kappa shape index (κ3) is 7.07. The zero-order chi connectivity index (χ0) is 17.1. The Morgan fingerprint density at radius 2 is 1.36 bits per heavy atom.